The average molecular weight is 440 g/mol. The highest BCUT2D eigenvalue weighted by Crippen LogP contribution is 2.17. The first kappa shape index (κ1) is 18.7. The van der Waals surface area contributed by atoms with Crippen molar-refractivity contribution >= 4 is 29.9 Å². The minimum absolute atomic E-state index is 0. The van der Waals surface area contributed by atoms with E-state index in [0.29, 0.717) is 6.04 Å². The summed E-state index contributed by atoms with van der Waals surface area (Å²) in [4.78, 5) is 8.53. The molecule has 0 unspecified atom stereocenters. The highest BCUT2D eigenvalue weighted by Gasteiger charge is 2.14. The molecule has 1 aliphatic rings. The molecule has 0 atom stereocenters. The molecule has 130 valence electrons. The third kappa shape index (κ3) is 5.19. The van der Waals surface area contributed by atoms with Gasteiger partial charge in [-0.05, 0) is 24.5 Å². The molecule has 1 aromatic heterocycles. The largest absolute Gasteiger partial charge is 0.354 e. The molecule has 2 aromatic rings. The second-order valence-corrected chi connectivity index (χ2v) is 5.94. The van der Waals surface area contributed by atoms with Gasteiger partial charge in [-0.25, -0.2) is 4.98 Å². The summed E-state index contributed by atoms with van der Waals surface area (Å²) >= 11 is 0. The Bertz CT molecular complexity index is 634. The van der Waals surface area contributed by atoms with E-state index in [9.17, 15) is 0 Å². The second-order valence-electron chi connectivity index (χ2n) is 5.94. The predicted molar refractivity (Wildman–Crippen MR) is 107 cm³/mol. The highest BCUT2D eigenvalue weighted by atomic mass is 127. The maximum atomic E-state index is 4.34. The molecule has 0 saturated heterocycles. The molecule has 0 spiro atoms. The van der Waals surface area contributed by atoms with Gasteiger partial charge in [0.1, 0.15) is 6.33 Å². The summed E-state index contributed by atoms with van der Waals surface area (Å²) in [6.45, 7) is 0.731. The monoisotopic (exact) mass is 440 g/mol. The molecule has 1 aromatic carbocycles. The number of hydrogen-bond acceptors (Lipinski definition) is 3. The van der Waals surface area contributed by atoms with Crippen LogP contribution in [0.1, 0.15) is 37.7 Å². The maximum Gasteiger partial charge on any atom is 0.191 e. The van der Waals surface area contributed by atoms with Crippen molar-refractivity contribution in [2.75, 3.05) is 7.05 Å². The lowest BCUT2D eigenvalue weighted by Crippen LogP contribution is -2.43. The number of aliphatic imine (C=N–C) groups is 1. The van der Waals surface area contributed by atoms with Gasteiger partial charge in [0, 0.05) is 25.2 Å². The number of aromatic amines is 1. The van der Waals surface area contributed by atoms with Crippen LogP contribution in [0.15, 0.2) is 35.6 Å². The predicted octanol–water partition coefficient (Wildman–Crippen LogP) is 3.09. The van der Waals surface area contributed by atoms with Crippen molar-refractivity contribution in [3.8, 4) is 11.4 Å². The first-order chi connectivity index (χ1) is 11.3. The lowest BCUT2D eigenvalue weighted by atomic mass is 9.96. The number of H-pyrrole nitrogens is 1. The summed E-state index contributed by atoms with van der Waals surface area (Å²) < 4.78 is 0. The highest BCUT2D eigenvalue weighted by molar-refractivity contribution is 14.0. The quantitative estimate of drug-likeness (QED) is 0.388. The fraction of sp³-hybridized carbons (Fsp3) is 0.471. The van der Waals surface area contributed by atoms with Gasteiger partial charge in [-0.2, -0.15) is 5.10 Å². The average Bonchev–Trinajstić information content (AvgIpc) is 3.14. The van der Waals surface area contributed by atoms with Crippen LogP contribution < -0.4 is 10.6 Å². The molecule has 6 nitrogen and oxygen atoms in total. The molecular formula is C17H25IN6. The summed E-state index contributed by atoms with van der Waals surface area (Å²) in [5.41, 5.74) is 2.22. The Labute approximate surface area is 160 Å². The van der Waals surface area contributed by atoms with Crippen LogP contribution in [0.3, 0.4) is 0 Å². The lowest BCUT2D eigenvalue weighted by Gasteiger charge is -2.24. The van der Waals surface area contributed by atoms with Gasteiger partial charge in [0.25, 0.3) is 0 Å². The van der Waals surface area contributed by atoms with Gasteiger partial charge in [-0.1, -0.05) is 37.5 Å². The van der Waals surface area contributed by atoms with Crippen LogP contribution in [0.25, 0.3) is 11.4 Å². The van der Waals surface area contributed by atoms with Crippen molar-refractivity contribution in [3.63, 3.8) is 0 Å². The van der Waals surface area contributed by atoms with Gasteiger partial charge < -0.3 is 10.6 Å². The van der Waals surface area contributed by atoms with E-state index < -0.39 is 0 Å². The molecule has 0 amide bonds. The number of aromatic nitrogens is 3. The molecular weight excluding hydrogens is 415 g/mol. The van der Waals surface area contributed by atoms with E-state index >= 15 is 0 Å². The van der Waals surface area contributed by atoms with E-state index in [0.717, 1.165) is 23.9 Å². The normalized spacial score (nSPS) is 15.6. The molecule has 24 heavy (non-hydrogen) atoms. The van der Waals surface area contributed by atoms with Crippen LogP contribution in [0.5, 0.6) is 0 Å². The molecule has 1 heterocycles. The van der Waals surface area contributed by atoms with E-state index in [2.05, 4.69) is 42.9 Å². The first-order valence-electron chi connectivity index (χ1n) is 8.27. The number of nitrogens with zero attached hydrogens (tertiary/aromatic N) is 3. The number of nitrogens with one attached hydrogen (secondary N) is 3. The van der Waals surface area contributed by atoms with E-state index in [4.69, 9.17) is 0 Å². The van der Waals surface area contributed by atoms with Crippen LogP contribution in [-0.2, 0) is 6.54 Å². The van der Waals surface area contributed by atoms with E-state index in [1.165, 1.54) is 44.0 Å². The topological polar surface area (TPSA) is 78.0 Å². The molecule has 0 aliphatic heterocycles. The summed E-state index contributed by atoms with van der Waals surface area (Å²) in [6, 6.07) is 8.82. The number of halogens is 1. The van der Waals surface area contributed by atoms with E-state index in [-0.39, 0.29) is 24.0 Å². The molecule has 0 bridgehead atoms. The Morgan fingerprint density at radius 3 is 2.83 bits per heavy atom. The Kier molecular flexibility index (Phi) is 7.48. The molecule has 3 N–H and O–H groups in total. The zero-order chi connectivity index (χ0) is 15.9. The van der Waals surface area contributed by atoms with Gasteiger partial charge in [0.15, 0.2) is 11.8 Å². The molecule has 1 saturated carbocycles. The van der Waals surface area contributed by atoms with Crippen LogP contribution >= 0.6 is 24.0 Å². The third-order valence-corrected chi connectivity index (χ3v) is 4.25. The fourth-order valence-corrected chi connectivity index (χ4v) is 2.99. The van der Waals surface area contributed by atoms with Gasteiger partial charge in [0.2, 0.25) is 0 Å². The summed E-state index contributed by atoms with van der Waals surface area (Å²) in [5, 5.41) is 13.7. The molecule has 1 aliphatic carbocycles. The summed E-state index contributed by atoms with van der Waals surface area (Å²) in [6.07, 6.45) is 7.99. The standard InChI is InChI=1S/C17H24N6.HI/c1-18-17(22-15-8-3-2-4-9-15)19-11-13-6-5-7-14(10-13)16-20-12-21-23-16;/h5-7,10,12,15H,2-4,8-9,11H2,1H3,(H2,18,19,22)(H,20,21,23);1H. The number of hydrogen-bond donors (Lipinski definition) is 3. The van der Waals surface area contributed by atoms with Crippen molar-refractivity contribution in [1.29, 1.82) is 0 Å². The maximum absolute atomic E-state index is 4.34. The van der Waals surface area contributed by atoms with Crippen LogP contribution in [0.4, 0.5) is 0 Å². The summed E-state index contributed by atoms with van der Waals surface area (Å²) in [5.74, 6) is 1.67. The van der Waals surface area contributed by atoms with Crippen molar-refractivity contribution < 1.29 is 0 Å². The minimum atomic E-state index is 0. The van der Waals surface area contributed by atoms with Crippen molar-refractivity contribution in [2.45, 2.75) is 44.7 Å². The SMILES string of the molecule is CN=C(NCc1cccc(-c2ncn[nH]2)c1)NC1CCCCC1.I. The number of guanidine groups is 1. The van der Waals surface area contributed by atoms with Crippen molar-refractivity contribution in [2.24, 2.45) is 4.99 Å². The van der Waals surface area contributed by atoms with Gasteiger partial charge >= 0.3 is 0 Å². The summed E-state index contributed by atoms with van der Waals surface area (Å²) in [7, 11) is 1.82. The van der Waals surface area contributed by atoms with Crippen LogP contribution in [0.2, 0.25) is 0 Å². The van der Waals surface area contributed by atoms with Crippen LogP contribution in [-0.4, -0.2) is 34.2 Å². The molecule has 0 radical (unpaired) electrons. The molecule has 1 fully saturated rings. The third-order valence-electron chi connectivity index (χ3n) is 4.25. The molecule has 7 heteroatoms. The van der Waals surface area contributed by atoms with Gasteiger partial charge in [-0.15, -0.1) is 24.0 Å². The Morgan fingerprint density at radius 2 is 2.12 bits per heavy atom. The first-order valence-corrected chi connectivity index (χ1v) is 8.27. The zero-order valence-corrected chi connectivity index (χ0v) is 16.3. The fourth-order valence-electron chi connectivity index (χ4n) is 2.99. The number of benzene rings is 1. The van der Waals surface area contributed by atoms with Crippen molar-refractivity contribution in [3.05, 3.63) is 36.2 Å². The number of rotatable bonds is 4. The minimum Gasteiger partial charge on any atom is -0.354 e. The second kappa shape index (κ2) is 9.61. The van der Waals surface area contributed by atoms with Gasteiger partial charge in [-0.3, -0.25) is 10.1 Å². The lowest BCUT2D eigenvalue weighted by molar-refractivity contribution is 0.410. The Hall–Kier alpha value is -1.64. The molecule has 3 rings (SSSR count). The zero-order valence-electron chi connectivity index (χ0n) is 14.0. The van der Waals surface area contributed by atoms with E-state index in [1.54, 1.807) is 0 Å². The smallest absolute Gasteiger partial charge is 0.191 e. The Morgan fingerprint density at radius 1 is 1.29 bits per heavy atom. The van der Waals surface area contributed by atoms with Gasteiger partial charge in [0.05, 0.1) is 0 Å². The van der Waals surface area contributed by atoms with E-state index in [1.807, 2.05) is 19.2 Å². The van der Waals surface area contributed by atoms with Crippen molar-refractivity contribution in [1.82, 2.24) is 25.8 Å². The van der Waals surface area contributed by atoms with Crippen LogP contribution in [0, 0.1) is 0 Å². The Balaban J connectivity index is 0.00000208.